The summed E-state index contributed by atoms with van der Waals surface area (Å²) < 4.78 is 21.4. The molecular weight excluding hydrogens is 426 g/mol. The minimum Gasteiger partial charge on any atom is -0.504 e. The summed E-state index contributed by atoms with van der Waals surface area (Å²) in [4.78, 5) is 26.4. The number of ether oxygens (including phenoxy) is 4. The summed E-state index contributed by atoms with van der Waals surface area (Å²) in [5.41, 5.74) is 3.61. The van der Waals surface area contributed by atoms with Crippen LogP contribution in [-0.4, -0.2) is 67.5 Å². The first kappa shape index (κ1) is 25.1. The number of phenols is 1. The lowest BCUT2D eigenvalue weighted by atomic mass is 9.93. The Hall–Kier alpha value is -2.58. The molecule has 0 unspecified atom stereocenters. The van der Waals surface area contributed by atoms with Crippen LogP contribution < -0.4 is 4.74 Å². The van der Waals surface area contributed by atoms with Crippen molar-refractivity contribution in [1.29, 1.82) is 0 Å². The molecule has 8 heteroatoms. The second-order valence-electron chi connectivity index (χ2n) is 8.86. The molecule has 182 valence electrons. The summed E-state index contributed by atoms with van der Waals surface area (Å²) >= 11 is 0. The summed E-state index contributed by atoms with van der Waals surface area (Å²) in [6.45, 7) is 10.8. The maximum atomic E-state index is 12.2. The predicted molar refractivity (Wildman–Crippen MR) is 123 cm³/mol. The fourth-order valence-corrected chi connectivity index (χ4v) is 4.51. The van der Waals surface area contributed by atoms with Crippen LogP contribution >= 0.6 is 0 Å². The first-order valence-electron chi connectivity index (χ1n) is 11.5. The zero-order valence-electron chi connectivity index (χ0n) is 20.2. The van der Waals surface area contributed by atoms with Crippen molar-refractivity contribution >= 4 is 11.9 Å². The molecule has 1 fully saturated rings. The maximum absolute atomic E-state index is 12.2. The van der Waals surface area contributed by atoms with E-state index in [1.165, 1.54) is 7.11 Å². The Morgan fingerprint density at radius 3 is 2.61 bits per heavy atom. The zero-order valence-corrected chi connectivity index (χ0v) is 20.2. The number of nitrogens with zero attached hydrogens (tertiary/aromatic N) is 1. The molecule has 1 aromatic carbocycles. The molecule has 33 heavy (non-hydrogen) atoms. The second-order valence-corrected chi connectivity index (χ2v) is 8.86. The fourth-order valence-electron chi connectivity index (χ4n) is 4.51. The number of benzene rings is 1. The third-order valence-corrected chi connectivity index (χ3v) is 6.53. The van der Waals surface area contributed by atoms with E-state index in [1.54, 1.807) is 0 Å². The van der Waals surface area contributed by atoms with Gasteiger partial charge in [0.15, 0.2) is 11.5 Å². The van der Waals surface area contributed by atoms with Crippen molar-refractivity contribution < 1.29 is 33.6 Å². The van der Waals surface area contributed by atoms with Crippen LogP contribution in [0.5, 0.6) is 11.5 Å². The first-order valence-corrected chi connectivity index (χ1v) is 11.5. The van der Waals surface area contributed by atoms with Crippen LogP contribution in [0.2, 0.25) is 0 Å². The van der Waals surface area contributed by atoms with Gasteiger partial charge >= 0.3 is 11.9 Å². The monoisotopic (exact) mass is 461 g/mol. The number of morpholine rings is 1. The molecule has 0 aromatic heterocycles. The van der Waals surface area contributed by atoms with Gasteiger partial charge in [-0.15, -0.1) is 0 Å². The van der Waals surface area contributed by atoms with E-state index in [-0.39, 0.29) is 23.9 Å². The summed E-state index contributed by atoms with van der Waals surface area (Å²) in [6.07, 6.45) is 3.42. The van der Waals surface area contributed by atoms with Gasteiger partial charge in [0, 0.05) is 36.2 Å². The molecule has 1 N–H and O–H groups in total. The molecule has 1 saturated heterocycles. The van der Waals surface area contributed by atoms with E-state index in [4.69, 9.17) is 18.9 Å². The van der Waals surface area contributed by atoms with E-state index in [0.717, 1.165) is 16.7 Å². The summed E-state index contributed by atoms with van der Waals surface area (Å²) in [5, 5.41) is 10.5. The predicted octanol–water partition coefficient (Wildman–Crippen LogP) is 3.30. The number of cyclic esters (lactones) is 1. The van der Waals surface area contributed by atoms with Crippen molar-refractivity contribution in [3.8, 4) is 11.5 Å². The van der Waals surface area contributed by atoms with Crippen molar-refractivity contribution in [2.24, 2.45) is 0 Å². The number of aromatic hydroxyl groups is 1. The van der Waals surface area contributed by atoms with Gasteiger partial charge in [-0.2, -0.15) is 0 Å². The highest BCUT2D eigenvalue weighted by Crippen LogP contribution is 2.42. The highest BCUT2D eigenvalue weighted by atomic mass is 16.5. The van der Waals surface area contributed by atoms with E-state index in [0.29, 0.717) is 69.0 Å². The molecule has 0 aliphatic carbocycles. The Bertz CT molecular complexity index is 914. The molecule has 0 spiro atoms. The third kappa shape index (κ3) is 5.68. The van der Waals surface area contributed by atoms with Gasteiger partial charge in [-0.3, -0.25) is 9.69 Å². The van der Waals surface area contributed by atoms with Gasteiger partial charge < -0.3 is 24.1 Å². The average molecular weight is 462 g/mol. The first-order chi connectivity index (χ1) is 15.7. The molecular formula is C25H35NO7. The Morgan fingerprint density at radius 2 is 1.94 bits per heavy atom. The van der Waals surface area contributed by atoms with Gasteiger partial charge in [0.1, 0.15) is 18.8 Å². The van der Waals surface area contributed by atoms with E-state index in [9.17, 15) is 14.7 Å². The van der Waals surface area contributed by atoms with Gasteiger partial charge in [-0.05, 0) is 46.1 Å². The standard InChI is InChI=1S/C25H35NO7/c1-15(7-9-21(27)32-11-10-26-16(2)12-31-13-17(26)3)6-8-19-18(4)20-14-33-25(29)22(20)23(28)24(19)30-5/h6,16-17,28H,7-14H2,1-5H3/b15-6+/t16-,17+. The topological polar surface area (TPSA) is 94.5 Å². The average Bonchev–Trinajstić information content (AvgIpc) is 3.17. The molecule has 0 amide bonds. The van der Waals surface area contributed by atoms with Gasteiger partial charge in [-0.1, -0.05) is 11.6 Å². The van der Waals surface area contributed by atoms with Gasteiger partial charge in [0.2, 0.25) is 0 Å². The number of hydrogen-bond donors (Lipinski definition) is 1. The van der Waals surface area contributed by atoms with Gasteiger partial charge in [-0.25, -0.2) is 4.79 Å². The number of fused-ring (bicyclic) bond motifs is 1. The number of carbonyl (C=O) groups is 2. The molecule has 8 nitrogen and oxygen atoms in total. The Balaban J connectivity index is 1.52. The minimum atomic E-state index is -0.529. The van der Waals surface area contributed by atoms with Crippen molar-refractivity contribution in [2.75, 3.05) is 33.5 Å². The van der Waals surface area contributed by atoms with Crippen LogP contribution in [0.1, 0.15) is 60.7 Å². The molecule has 1 aromatic rings. The van der Waals surface area contributed by atoms with E-state index in [1.807, 2.05) is 19.9 Å². The van der Waals surface area contributed by atoms with Crippen molar-refractivity contribution in [2.45, 2.75) is 65.6 Å². The summed E-state index contributed by atoms with van der Waals surface area (Å²) in [6, 6.07) is 0.642. The second kappa shape index (κ2) is 11.0. The van der Waals surface area contributed by atoms with Gasteiger partial charge in [0.05, 0.1) is 20.3 Å². The third-order valence-electron chi connectivity index (χ3n) is 6.53. The Kier molecular flexibility index (Phi) is 8.37. The molecule has 0 radical (unpaired) electrons. The normalized spacial score (nSPS) is 21.0. The van der Waals surface area contributed by atoms with Crippen molar-refractivity contribution in [3.05, 3.63) is 33.9 Å². The van der Waals surface area contributed by atoms with Crippen molar-refractivity contribution in [1.82, 2.24) is 4.90 Å². The molecule has 2 atom stereocenters. The van der Waals surface area contributed by atoms with E-state index in [2.05, 4.69) is 18.7 Å². The maximum Gasteiger partial charge on any atom is 0.342 e. The number of methoxy groups -OCH3 is 1. The van der Waals surface area contributed by atoms with Crippen LogP contribution in [0.3, 0.4) is 0 Å². The number of rotatable bonds is 9. The number of carbonyl (C=O) groups excluding carboxylic acids is 2. The number of phenolic OH excluding ortho intramolecular Hbond substituents is 1. The molecule has 2 aliphatic heterocycles. The lowest BCUT2D eigenvalue weighted by molar-refractivity contribution is -0.145. The highest BCUT2D eigenvalue weighted by Gasteiger charge is 2.32. The van der Waals surface area contributed by atoms with Crippen LogP contribution in [0.25, 0.3) is 0 Å². The van der Waals surface area contributed by atoms with Crippen LogP contribution in [-0.2, 0) is 32.0 Å². The minimum absolute atomic E-state index is 0.154. The Morgan fingerprint density at radius 1 is 1.24 bits per heavy atom. The smallest absolute Gasteiger partial charge is 0.342 e. The fraction of sp³-hybridized carbons (Fsp3) is 0.600. The van der Waals surface area contributed by atoms with Gasteiger partial charge in [0.25, 0.3) is 0 Å². The van der Waals surface area contributed by atoms with E-state index >= 15 is 0 Å². The largest absolute Gasteiger partial charge is 0.504 e. The van der Waals surface area contributed by atoms with Crippen LogP contribution in [0.4, 0.5) is 0 Å². The van der Waals surface area contributed by atoms with Crippen LogP contribution in [0, 0.1) is 6.92 Å². The zero-order chi connectivity index (χ0) is 24.1. The van der Waals surface area contributed by atoms with Crippen molar-refractivity contribution in [3.63, 3.8) is 0 Å². The summed E-state index contributed by atoms with van der Waals surface area (Å²) in [7, 11) is 1.47. The quantitative estimate of drug-likeness (QED) is 0.442. The number of allylic oxidation sites excluding steroid dienone is 2. The molecule has 2 heterocycles. The molecule has 0 saturated carbocycles. The van der Waals surface area contributed by atoms with E-state index < -0.39 is 5.97 Å². The molecule has 2 aliphatic rings. The molecule has 3 rings (SSSR count). The lowest BCUT2D eigenvalue weighted by Crippen LogP contribution is -2.50. The molecule has 0 bridgehead atoms. The SMILES string of the molecule is COc1c(O)c2c(c(C)c1C/C=C(\C)CCC(=O)OCCN1[C@H](C)COC[C@@H]1C)COC2=O. The Labute approximate surface area is 195 Å². The van der Waals surface area contributed by atoms with Crippen LogP contribution in [0.15, 0.2) is 11.6 Å². The lowest BCUT2D eigenvalue weighted by Gasteiger charge is -2.38. The summed E-state index contributed by atoms with van der Waals surface area (Å²) in [5.74, 6) is -0.622. The highest BCUT2D eigenvalue weighted by molar-refractivity contribution is 5.98. The number of hydrogen-bond acceptors (Lipinski definition) is 8. The number of esters is 2.